The van der Waals surface area contributed by atoms with Crippen LogP contribution in [0.1, 0.15) is 50.4 Å². The van der Waals surface area contributed by atoms with Gasteiger partial charge in [0.05, 0.1) is 10.9 Å². The van der Waals surface area contributed by atoms with Crippen LogP contribution >= 0.6 is 0 Å². The highest BCUT2D eigenvalue weighted by Crippen LogP contribution is 2.40. The molecule has 8 rings (SSSR count). The second kappa shape index (κ2) is 9.37. The Bertz CT molecular complexity index is 1770. The van der Waals surface area contributed by atoms with E-state index in [1.165, 1.54) is 0 Å². The van der Waals surface area contributed by atoms with E-state index in [0.717, 1.165) is 81.0 Å². The zero-order chi connectivity index (χ0) is 27.7. The first-order valence-corrected chi connectivity index (χ1v) is 14.9. The Kier molecular flexibility index (Phi) is 5.70. The molecule has 0 saturated carbocycles. The standard InChI is InChI=1S/C33H33FN6O/c1-2-20-6-3-7-21-14-24(41)16-25(28(20)21)30-29(34)31-26(18-36-30)32(40-19-22-15-23(40)17-35-22)38-27(37-31)8-11-33-9-4-12-39(33)13-5-10-33/h3,6-7,14,16,18,22-23,35,41H,2,4-5,9-10,12-13,15,17,19H2,1H3/t22-,23-/m0/s1. The maximum absolute atomic E-state index is 16.7. The van der Waals surface area contributed by atoms with Crippen molar-refractivity contribution < 1.29 is 9.50 Å². The van der Waals surface area contributed by atoms with Gasteiger partial charge in [-0.15, -0.1) is 0 Å². The molecule has 2 atom stereocenters. The van der Waals surface area contributed by atoms with Crippen LogP contribution in [0.3, 0.4) is 0 Å². The molecule has 4 aliphatic heterocycles. The summed E-state index contributed by atoms with van der Waals surface area (Å²) in [6, 6.07) is 10.00. The lowest BCUT2D eigenvalue weighted by Gasteiger charge is -2.29. The van der Waals surface area contributed by atoms with Crippen molar-refractivity contribution in [3.63, 3.8) is 0 Å². The minimum absolute atomic E-state index is 0.0783. The molecule has 2 aromatic heterocycles. The summed E-state index contributed by atoms with van der Waals surface area (Å²) < 4.78 is 16.7. The highest BCUT2D eigenvalue weighted by atomic mass is 19.1. The van der Waals surface area contributed by atoms with Crippen molar-refractivity contribution in [2.24, 2.45) is 0 Å². The smallest absolute Gasteiger partial charge is 0.207 e. The Balaban J connectivity index is 1.33. The number of hydrogen-bond donors (Lipinski definition) is 2. The van der Waals surface area contributed by atoms with E-state index in [1.54, 1.807) is 18.3 Å². The highest BCUT2D eigenvalue weighted by Gasteiger charge is 2.43. The zero-order valence-electron chi connectivity index (χ0n) is 23.3. The van der Waals surface area contributed by atoms with Crippen molar-refractivity contribution in [3.05, 3.63) is 53.7 Å². The van der Waals surface area contributed by atoms with Crippen molar-refractivity contribution >= 4 is 27.5 Å². The third-order valence-corrected chi connectivity index (χ3v) is 9.73. The Morgan fingerprint density at radius 3 is 2.78 bits per heavy atom. The third kappa shape index (κ3) is 3.90. The Morgan fingerprint density at radius 1 is 1.17 bits per heavy atom. The molecular formula is C33H33FN6O. The van der Waals surface area contributed by atoms with Gasteiger partial charge in [0.15, 0.2) is 5.82 Å². The molecule has 0 unspecified atom stereocenters. The number of phenolic OH excluding ortho intramolecular Hbond substituents is 1. The first-order chi connectivity index (χ1) is 20.0. The number of benzene rings is 2. The quantitative estimate of drug-likeness (QED) is 0.357. The Morgan fingerprint density at radius 2 is 2.02 bits per heavy atom. The number of aromatic hydroxyl groups is 1. The lowest BCUT2D eigenvalue weighted by atomic mass is 9.95. The number of nitrogens with one attached hydrogen (secondary N) is 1. The maximum Gasteiger partial charge on any atom is 0.207 e. The van der Waals surface area contributed by atoms with Crippen molar-refractivity contribution in [2.45, 2.75) is 63.1 Å². The molecule has 8 heteroatoms. The van der Waals surface area contributed by atoms with Crippen LogP contribution in [0.5, 0.6) is 5.75 Å². The second-order valence-electron chi connectivity index (χ2n) is 12.0. The van der Waals surface area contributed by atoms with E-state index in [4.69, 9.17) is 9.97 Å². The molecule has 2 N–H and O–H groups in total. The Labute approximate surface area is 238 Å². The van der Waals surface area contributed by atoms with Crippen LogP contribution < -0.4 is 10.2 Å². The first-order valence-electron chi connectivity index (χ1n) is 14.9. The van der Waals surface area contributed by atoms with Gasteiger partial charge in [0.2, 0.25) is 5.82 Å². The fourth-order valence-electron chi connectivity index (χ4n) is 7.78. The van der Waals surface area contributed by atoms with E-state index in [9.17, 15) is 5.11 Å². The minimum Gasteiger partial charge on any atom is -0.508 e. The van der Waals surface area contributed by atoms with E-state index in [-0.39, 0.29) is 22.5 Å². The third-order valence-electron chi connectivity index (χ3n) is 9.73. The molecule has 4 saturated heterocycles. The average molecular weight is 549 g/mol. The van der Waals surface area contributed by atoms with Crippen LogP contribution in [0.2, 0.25) is 0 Å². The summed E-state index contributed by atoms with van der Waals surface area (Å²) in [5, 5.41) is 16.5. The molecule has 6 heterocycles. The lowest BCUT2D eigenvalue weighted by Crippen LogP contribution is -2.44. The van der Waals surface area contributed by atoms with Crippen molar-refractivity contribution in [1.29, 1.82) is 0 Å². The summed E-state index contributed by atoms with van der Waals surface area (Å²) in [7, 11) is 0. The molecule has 0 aliphatic carbocycles. The minimum atomic E-state index is -0.504. The normalized spacial score (nSPS) is 22.9. The highest BCUT2D eigenvalue weighted by molar-refractivity contribution is 6.01. The van der Waals surface area contributed by atoms with E-state index in [2.05, 4.69) is 38.9 Å². The topological polar surface area (TPSA) is 77.4 Å². The number of anilines is 1. The fraction of sp³-hybridized carbons (Fsp3) is 0.424. The largest absolute Gasteiger partial charge is 0.508 e. The zero-order valence-corrected chi connectivity index (χ0v) is 23.3. The average Bonchev–Trinajstić information content (AvgIpc) is 3.77. The number of rotatable bonds is 3. The molecule has 7 nitrogen and oxygen atoms in total. The molecule has 0 spiro atoms. The van der Waals surface area contributed by atoms with Gasteiger partial charge in [0.25, 0.3) is 0 Å². The summed E-state index contributed by atoms with van der Waals surface area (Å²) in [6.07, 6.45) is 7.98. The molecule has 0 amide bonds. The number of piperazine rings is 1. The van der Waals surface area contributed by atoms with Gasteiger partial charge in [-0.05, 0) is 86.0 Å². The van der Waals surface area contributed by atoms with E-state index in [0.29, 0.717) is 34.7 Å². The van der Waals surface area contributed by atoms with Gasteiger partial charge >= 0.3 is 0 Å². The molecule has 41 heavy (non-hydrogen) atoms. The monoisotopic (exact) mass is 548 g/mol. The van der Waals surface area contributed by atoms with Crippen LogP contribution in [0, 0.1) is 17.7 Å². The van der Waals surface area contributed by atoms with Gasteiger partial charge in [0.1, 0.15) is 22.8 Å². The molecule has 4 aliphatic rings. The molecule has 2 bridgehead atoms. The lowest BCUT2D eigenvalue weighted by molar-refractivity contribution is 0.261. The van der Waals surface area contributed by atoms with Crippen molar-refractivity contribution in [3.8, 4) is 28.8 Å². The summed E-state index contributed by atoms with van der Waals surface area (Å²) in [5.74, 6) is 7.51. The van der Waals surface area contributed by atoms with Gasteiger partial charge in [-0.25, -0.2) is 14.4 Å². The molecule has 0 radical (unpaired) electrons. The van der Waals surface area contributed by atoms with Gasteiger partial charge in [-0.3, -0.25) is 9.88 Å². The first kappa shape index (κ1) is 25.0. The van der Waals surface area contributed by atoms with E-state index in [1.807, 2.05) is 18.2 Å². The SMILES string of the molecule is CCc1cccc2cc(O)cc(-c3ncc4c(N5C[C@@H]6C[C@H]5CN6)nc(C#CC56CCCN5CCC6)nc4c3F)c12. The number of nitrogens with zero attached hydrogens (tertiary/aromatic N) is 5. The molecule has 208 valence electrons. The maximum atomic E-state index is 16.7. The van der Waals surface area contributed by atoms with Crippen LogP contribution in [0.15, 0.2) is 36.5 Å². The molecule has 4 fully saturated rings. The Hall–Kier alpha value is -3.80. The van der Waals surface area contributed by atoms with Crippen LogP contribution in [0.4, 0.5) is 10.2 Å². The fourth-order valence-corrected chi connectivity index (χ4v) is 7.78. The number of halogens is 1. The molecule has 2 aromatic carbocycles. The molecular weight excluding hydrogens is 515 g/mol. The second-order valence-corrected chi connectivity index (χ2v) is 12.0. The predicted octanol–water partition coefficient (Wildman–Crippen LogP) is 4.78. The van der Waals surface area contributed by atoms with Gasteiger partial charge < -0.3 is 15.3 Å². The number of aryl methyl sites for hydroxylation is 1. The number of hydrogen-bond acceptors (Lipinski definition) is 7. The van der Waals surface area contributed by atoms with Crippen LogP contribution in [-0.2, 0) is 6.42 Å². The summed E-state index contributed by atoms with van der Waals surface area (Å²) in [6.45, 7) is 5.96. The number of aromatic nitrogens is 3. The number of pyridine rings is 1. The van der Waals surface area contributed by atoms with Gasteiger partial charge in [-0.1, -0.05) is 31.0 Å². The van der Waals surface area contributed by atoms with Gasteiger partial charge in [0, 0.05) is 36.9 Å². The molecule has 4 aromatic rings. The summed E-state index contributed by atoms with van der Waals surface area (Å²) in [5.41, 5.74) is 1.96. The van der Waals surface area contributed by atoms with Crippen molar-refractivity contribution in [1.82, 2.24) is 25.2 Å². The van der Waals surface area contributed by atoms with Crippen molar-refractivity contribution in [2.75, 3.05) is 31.1 Å². The van der Waals surface area contributed by atoms with Crippen LogP contribution in [0.25, 0.3) is 32.9 Å². The van der Waals surface area contributed by atoms with E-state index >= 15 is 4.39 Å². The van der Waals surface area contributed by atoms with Gasteiger partial charge in [-0.2, -0.15) is 0 Å². The summed E-state index contributed by atoms with van der Waals surface area (Å²) >= 11 is 0. The number of phenols is 1. The summed E-state index contributed by atoms with van der Waals surface area (Å²) in [4.78, 5) is 19.2. The predicted molar refractivity (Wildman–Crippen MR) is 158 cm³/mol. The van der Waals surface area contributed by atoms with Crippen LogP contribution in [-0.4, -0.2) is 68.8 Å². The van der Waals surface area contributed by atoms with E-state index < -0.39 is 5.82 Å². The number of fused-ring (bicyclic) bond motifs is 5.